The van der Waals surface area contributed by atoms with Crippen molar-refractivity contribution < 1.29 is 9.53 Å². The van der Waals surface area contributed by atoms with E-state index >= 15 is 0 Å². The maximum absolute atomic E-state index is 11.0. The van der Waals surface area contributed by atoms with E-state index in [9.17, 15) is 4.79 Å². The van der Waals surface area contributed by atoms with Crippen molar-refractivity contribution in [1.29, 1.82) is 0 Å². The van der Waals surface area contributed by atoms with E-state index in [2.05, 4.69) is 9.84 Å². The molecule has 0 saturated carbocycles. The summed E-state index contributed by atoms with van der Waals surface area (Å²) in [6.45, 7) is 0. The highest BCUT2D eigenvalue weighted by Crippen LogP contribution is 2.15. The molecule has 1 rings (SSSR count). The van der Waals surface area contributed by atoms with Gasteiger partial charge in [0.05, 0.1) is 18.6 Å². The van der Waals surface area contributed by atoms with Gasteiger partial charge in [0.1, 0.15) is 0 Å². The lowest BCUT2D eigenvalue weighted by molar-refractivity contribution is -0.137. The molecule has 0 amide bonds. The van der Waals surface area contributed by atoms with Gasteiger partial charge < -0.3 is 10.6 Å². The van der Waals surface area contributed by atoms with Gasteiger partial charge in [0.2, 0.25) is 5.17 Å². The first-order valence-electron chi connectivity index (χ1n) is 4.76. The number of carbonyl (C=O) groups excluding carboxylic acids is 1. The summed E-state index contributed by atoms with van der Waals surface area (Å²) in [5, 5.41) is 5.19. The number of thioether (sulfide) groups is 1. The van der Waals surface area contributed by atoms with Crippen LogP contribution in [0.4, 0.5) is 5.69 Å². The summed E-state index contributed by atoms with van der Waals surface area (Å²) in [6.07, 6.45) is 0. The van der Waals surface area contributed by atoms with Crippen molar-refractivity contribution in [3.05, 3.63) is 30.3 Å². The van der Waals surface area contributed by atoms with Crippen molar-refractivity contribution in [2.24, 2.45) is 16.8 Å². The van der Waals surface area contributed by atoms with E-state index in [0.29, 0.717) is 5.17 Å². The van der Waals surface area contributed by atoms with Gasteiger partial charge in [-0.1, -0.05) is 30.0 Å². The molecule has 0 fully saturated rings. The number of esters is 1. The molecule has 4 N–H and O–H groups in total. The number of amidine groups is 1. The lowest BCUT2D eigenvalue weighted by atomic mass is 10.3. The van der Waals surface area contributed by atoms with Crippen LogP contribution in [0.3, 0.4) is 0 Å². The summed E-state index contributed by atoms with van der Waals surface area (Å²) >= 11 is 1.11. The molecule has 0 spiro atoms. The standard InChI is InChI=1S/C10H14N4O2S/c1-16-9(15)7-17-10(13-11)14(12)8-5-3-2-4-6-8/h2-6H,7,11-12H2,1H3/b13-10+. The third-order valence-corrected chi connectivity index (χ3v) is 2.84. The number of nitrogens with zero attached hydrogens (tertiary/aromatic N) is 2. The number of hydrogen-bond donors (Lipinski definition) is 2. The molecule has 7 heteroatoms. The highest BCUT2D eigenvalue weighted by molar-refractivity contribution is 8.14. The molecule has 0 saturated heterocycles. The Kier molecular flexibility index (Phi) is 5.31. The molecule has 0 aliphatic heterocycles. The number of nitrogens with two attached hydrogens (primary N) is 2. The fourth-order valence-electron chi connectivity index (χ4n) is 1.05. The molecule has 0 bridgehead atoms. The highest BCUT2D eigenvalue weighted by Gasteiger charge is 2.12. The molecule has 1 aromatic carbocycles. The fraction of sp³-hybridized carbons (Fsp3) is 0.200. The van der Waals surface area contributed by atoms with Crippen molar-refractivity contribution in [3.8, 4) is 0 Å². The molecule has 0 atom stereocenters. The predicted octanol–water partition coefficient (Wildman–Crippen LogP) is 0.503. The Labute approximate surface area is 104 Å². The second-order valence-corrected chi connectivity index (χ2v) is 3.92. The minimum absolute atomic E-state index is 0.104. The van der Waals surface area contributed by atoms with Crippen molar-refractivity contribution in [2.45, 2.75) is 0 Å². The first kappa shape index (κ1) is 13.3. The van der Waals surface area contributed by atoms with Crippen LogP contribution in [0.2, 0.25) is 0 Å². The minimum Gasteiger partial charge on any atom is -0.468 e. The van der Waals surface area contributed by atoms with Crippen molar-refractivity contribution in [1.82, 2.24) is 0 Å². The number of anilines is 1. The van der Waals surface area contributed by atoms with Gasteiger partial charge in [-0.25, -0.2) is 5.84 Å². The number of rotatable bonds is 3. The van der Waals surface area contributed by atoms with Crippen LogP contribution < -0.4 is 16.7 Å². The van der Waals surface area contributed by atoms with E-state index in [4.69, 9.17) is 11.7 Å². The molecule has 0 unspecified atom stereocenters. The number of carbonyl (C=O) groups is 1. The third-order valence-electron chi connectivity index (χ3n) is 1.90. The number of benzene rings is 1. The number of hydrogen-bond acceptors (Lipinski definition) is 6. The van der Waals surface area contributed by atoms with E-state index in [1.165, 1.54) is 12.1 Å². The lowest BCUT2D eigenvalue weighted by Gasteiger charge is -2.18. The highest BCUT2D eigenvalue weighted by atomic mass is 32.2. The summed E-state index contributed by atoms with van der Waals surface area (Å²) < 4.78 is 4.52. The quantitative estimate of drug-likeness (QED) is 0.268. The first-order chi connectivity index (χ1) is 8.19. The van der Waals surface area contributed by atoms with Crippen LogP contribution in [0, 0.1) is 0 Å². The average molecular weight is 254 g/mol. The van der Waals surface area contributed by atoms with E-state index in [1.54, 1.807) is 0 Å². The Bertz CT molecular complexity index is 397. The monoisotopic (exact) mass is 254 g/mol. The summed E-state index contributed by atoms with van der Waals surface area (Å²) in [5.41, 5.74) is 0.731. The minimum atomic E-state index is -0.363. The van der Waals surface area contributed by atoms with Crippen LogP contribution in [0.15, 0.2) is 35.4 Å². The predicted molar refractivity (Wildman–Crippen MR) is 69.2 cm³/mol. The number of hydrazine groups is 1. The van der Waals surface area contributed by atoms with Crippen LogP contribution >= 0.6 is 11.8 Å². The molecule has 0 radical (unpaired) electrons. The number of hydrazone groups is 1. The molecule has 1 aromatic rings. The third kappa shape index (κ3) is 3.97. The summed E-state index contributed by atoms with van der Waals surface area (Å²) in [5.74, 6) is 10.8. The molecule has 92 valence electrons. The van der Waals surface area contributed by atoms with Crippen molar-refractivity contribution in [3.63, 3.8) is 0 Å². The molecule has 0 aliphatic carbocycles. The molecule has 0 aliphatic rings. The van der Waals surface area contributed by atoms with Crippen LogP contribution in [0.1, 0.15) is 0 Å². The Morgan fingerprint density at radius 1 is 1.47 bits per heavy atom. The Morgan fingerprint density at radius 2 is 2.12 bits per heavy atom. The maximum Gasteiger partial charge on any atom is 0.316 e. The summed E-state index contributed by atoms with van der Waals surface area (Å²) in [4.78, 5) is 11.0. The lowest BCUT2D eigenvalue weighted by Crippen LogP contribution is -2.36. The topological polar surface area (TPSA) is 93.9 Å². The van der Waals surface area contributed by atoms with E-state index in [1.807, 2.05) is 30.3 Å². The molecular formula is C10H14N4O2S. The van der Waals surface area contributed by atoms with Gasteiger partial charge in [-0.05, 0) is 12.1 Å². The van der Waals surface area contributed by atoms with Gasteiger partial charge in [0, 0.05) is 0 Å². The van der Waals surface area contributed by atoms with Crippen LogP contribution in [0.5, 0.6) is 0 Å². The van der Waals surface area contributed by atoms with Gasteiger partial charge >= 0.3 is 5.97 Å². The Hall–Kier alpha value is -1.73. The van der Waals surface area contributed by atoms with Crippen molar-refractivity contribution >= 4 is 28.6 Å². The molecule has 17 heavy (non-hydrogen) atoms. The number of methoxy groups -OCH3 is 1. The zero-order chi connectivity index (χ0) is 12.7. The van der Waals surface area contributed by atoms with Crippen molar-refractivity contribution in [2.75, 3.05) is 17.9 Å². The number of ether oxygens (including phenoxy) is 1. The zero-order valence-corrected chi connectivity index (χ0v) is 10.2. The molecule has 6 nitrogen and oxygen atoms in total. The van der Waals surface area contributed by atoms with Crippen LogP contribution in [-0.4, -0.2) is 24.0 Å². The van der Waals surface area contributed by atoms with Gasteiger partial charge in [-0.3, -0.25) is 9.80 Å². The molecule has 0 heterocycles. The second kappa shape index (κ2) is 6.77. The average Bonchev–Trinajstić information content (AvgIpc) is 2.39. The Morgan fingerprint density at radius 3 is 2.65 bits per heavy atom. The Balaban J connectivity index is 2.66. The normalized spacial score (nSPS) is 11.1. The van der Waals surface area contributed by atoms with Gasteiger partial charge in [0.25, 0.3) is 0 Å². The first-order valence-corrected chi connectivity index (χ1v) is 5.75. The van der Waals surface area contributed by atoms with E-state index in [-0.39, 0.29) is 11.7 Å². The number of para-hydroxylation sites is 1. The van der Waals surface area contributed by atoms with Crippen LogP contribution in [-0.2, 0) is 9.53 Å². The molecular weight excluding hydrogens is 240 g/mol. The van der Waals surface area contributed by atoms with Gasteiger partial charge in [0.15, 0.2) is 0 Å². The smallest absolute Gasteiger partial charge is 0.316 e. The molecule has 0 aromatic heterocycles. The van der Waals surface area contributed by atoms with Gasteiger partial charge in [-0.2, -0.15) is 5.10 Å². The summed E-state index contributed by atoms with van der Waals surface area (Å²) in [6, 6.07) is 9.18. The zero-order valence-electron chi connectivity index (χ0n) is 9.37. The van der Waals surface area contributed by atoms with Crippen LogP contribution in [0.25, 0.3) is 0 Å². The van der Waals surface area contributed by atoms with E-state index < -0.39 is 0 Å². The van der Waals surface area contributed by atoms with Gasteiger partial charge in [-0.15, -0.1) is 0 Å². The largest absolute Gasteiger partial charge is 0.468 e. The van der Waals surface area contributed by atoms with E-state index in [0.717, 1.165) is 17.4 Å². The maximum atomic E-state index is 11.0. The second-order valence-electron chi connectivity index (χ2n) is 2.98. The SMILES string of the molecule is COC(=O)CS/C(=N/N)N(N)c1ccccc1. The summed E-state index contributed by atoms with van der Waals surface area (Å²) in [7, 11) is 1.32. The fourth-order valence-corrected chi connectivity index (χ4v) is 1.73.